The van der Waals surface area contributed by atoms with E-state index in [1.54, 1.807) is 0 Å². The molecular formula is C8H13O4. The molecule has 0 saturated carbocycles. The van der Waals surface area contributed by atoms with Crippen molar-refractivity contribution in [3.63, 3.8) is 0 Å². The average Bonchev–Trinajstić information content (AvgIpc) is 2.09. The number of carbonyl (C=O) groups is 2. The van der Waals surface area contributed by atoms with Crippen molar-refractivity contribution in [2.75, 3.05) is 19.8 Å². The summed E-state index contributed by atoms with van der Waals surface area (Å²) < 4.78 is 9.53. The molecule has 0 saturated heterocycles. The fraction of sp³-hybridized carbons (Fsp3) is 0.625. The van der Waals surface area contributed by atoms with E-state index in [1.807, 2.05) is 0 Å². The van der Waals surface area contributed by atoms with E-state index >= 15 is 0 Å². The number of hydrogen-bond acceptors (Lipinski definition) is 4. The van der Waals surface area contributed by atoms with Crippen LogP contribution in [0.15, 0.2) is 0 Å². The van der Waals surface area contributed by atoms with Gasteiger partial charge in [0.25, 0.3) is 0 Å². The van der Waals surface area contributed by atoms with Crippen molar-refractivity contribution >= 4 is 12.3 Å². The van der Waals surface area contributed by atoms with Gasteiger partial charge in [-0.05, 0) is 6.92 Å². The number of ether oxygens (including phenoxy) is 2. The van der Waals surface area contributed by atoms with Crippen LogP contribution in [0.1, 0.15) is 12.8 Å². The van der Waals surface area contributed by atoms with E-state index in [0.717, 1.165) is 0 Å². The van der Waals surface area contributed by atoms with Gasteiger partial charge in [-0.25, -0.2) is 0 Å². The Morgan fingerprint density at radius 2 is 2.17 bits per heavy atom. The molecule has 0 unspecified atom stereocenters. The van der Waals surface area contributed by atoms with Gasteiger partial charge in [0, 0.05) is 13.0 Å². The van der Waals surface area contributed by atoms with Crippen molar-refractivity contribution in [1.82, 2.24) is 0 Å². The summed E-state index contributed by atoms with van der Waals surface area (Å²) in [6.07, 6.45) is 1.05. The molecule has 0 fully saturated rings. The molecule has 1 radical (unpaired) electrons. The maximum absolute atomic E-state index is 10.7. The lowest BCUT2D eigenvalue weighted by molar-refractivity contribution is -0.145. The summed E-state index contributed by atoms with van der Waals surface area (Å²) in [6, 6.07) is 0. The number of rotatable bonds is 7. The van der Waals surface area contributed by atoms with E-state index in [9.17, 15) is 9.59 Å². The molecule has 0 spiro atoms. The Morgan fingerprint density at radius 1 is 1.42 bits per heavy atom. The normalized spacial score (nSPS) is 9.42. The van der Waals surface area contributed by atoms with Gasteiger partial charge in [-0.2, -0.15) is 0 Å². The number of esters is 1. The molecule has 12 heavy (non-hydrogen) atoms. The van der Waals surface area contributed by atoms with Crippen LogP contribution in [0.3, 0.4) is 0 Å². The molecule has 4 heteroatoms. The van der Waals surface area contributed by atoms with Crippen LogP contribution in [-0.2, 0) is 19.1 Å². The topological polar surface area (TPSA) is 52.6 Å². The first-order valence-electron chi connectivity index (χ1n) is 3.77. The van der Waals surface area contributed by atoms with Gasteiger partial charge < -0.3 is 14.3 Å². The van der Waals surface area contributed by atoms with Crippen LogP contribution in [0.25, 0.3) is 0 Å². The van der Waals surface area contributed by atoms with Crippen LogP contribution in [0.4, 0.5) is 0 Å². The fourth-order valence-corrected chi connectivity index (χ4v) is 0.565. The molecule has 0 aliphatic carbocycles. The zero-order valence-electron chi connectivity index (χ0n) is 6.95. The molecule has 0 bridgehead atoms. The van der Waals surface area contributed by atoms with Crippen molar-refractivity contribution in [3.05, 3.63) is 6.92 Å². The van der Waals surface area contributed by atoms with Crippen LogP contribution in [0.2, 0.25) is 0 Å². The molecule has 0 aromatic heterocycles. The summed E-state index contributed by atoms with van der Waals surface area (Å²) in [5.74, 6) is -0.366. The summed E-state index contributed by atoms with van der Waals surface area (Å²) in [5.41, 5.74) is 0. The lowest BCUT2D eigenvalue weighted by Crippen LogP contribution is -2.10. The molecule has 0 rings (SSSR count). The third-order valence-corrected chi connectivity index (χ3v) is 1.10. The molecule has 0 aliphatic heterocycles. The Labute approximate surface area is 71.8 Å². The van der Waals surface area contributed by atoms with Crippen molar-refractivity contribution in [2.24, 2.45) is 0 Å². The van der Waals surface area contributed by atoms with Crippen LogP contribution in [-0.4, -0.2) is 32.1 Å². The van der Waals surface area contributed by atoms with Crippen LogP contribution >= 0.6 is 0 Å². The minimum atomic E-state index is -0.366. The molecule has 0 amide bonds. The van der Waals surface area contributed by atoms with E-state index in [1.165, 1.54) is 0 Å². The van der Waals surface area contributed by atoms with Crippen molar-refractivity contribution in [1.29, 1.82) is 0 Å². The first kappa shape index (κ1) is 11.1. The molecule has 0 heterocycles. The van der Waals surface area contributed by atoms with E-state index in [4.69, 9.17) is 9.47 Å². The third-order valence-electron chi connectivity index (χ3n) is 1.10. The van der Waals surface area contributed by atoms with Crippen molar-refractivity contribution in [3.8, 4) is 0 Å². The molecule has 0 aliphatic rings. The van der Waals surface area contributed by atoms with Gasteiger partial charge in [-0.1, -0.05) is 0 Å². The highest BCUT2D eigenvalue weighted by atomic mass is 16.6. The first-order valence-corrected chi connectivity index (χ1v) is 3.77. The Morgan fingerprint density at radius 3 is 2.75 bits per heavy atom. The average molecular weight is 173 g/mol. The largest absolute Gasteiger partial charge is 0.463 e. The maximum atomic E-state index is 10.7. The van der Waals surface area contributed by atoms with E-state index in [2.05, 4.69) is 6.92 Å². The van der Waals surface area contributed by atoms with Gasteiger partial charge in [0.05, 0.1) is 13.0 Å². The molecule has 0 atom stereocenters. The minimum Gasteiger partial charge on any atom is -0.463 e. The summed E-state index contributed by atoms with van der Waals surface area (Å²) in [5, 5.41) is 0. The van der Waals surface area contributed by atoms with Gasteiger partial charge >= 0.3 is 5.97 Å². The highest BCUT2D eigenvalue weighted by Gasteiger charge is 2.00. The van der Waals surface area contributed by atoms with Crippen LogP contribution in [0.5, 0.6) is 0 Å². The smallest absolute Gasteiger partial charge is 0.306 e. The third kappa shape index (κ3) is 7.21. The second-order valence-corrected chi connectivity index (χ2v) is 2.04. The van der Waals surface area contributed by atoms with Crippen LogP contribution < -0.4 is 0 Å². The summed E-state index contributed by atoms with van der Waals surface area (Å²) in [4.78, 5) is 20.6. The van der Waals surface area contributed by atoms with Gasteiger partial charge in [-0.3, -0.25) is 4.79 Å². The second kappa shape index (κ2) is 8.20. The zero-order chi connectivity index (χ0) is 9.23. The predicted molar refractivity (Wildman–Crippen MR) is 42.4 cm³/mol. The predicted octanol–water partition coefficient (Wildman–Crippen LogP) is 0.359. The zero-order valence-corrected chi connectivity index (χ0v) is 6.95. The summed E-state index contributed by atoms with van der Waals surface area (Å²) in [7, 11) is 0. The standard InChI is InChI=1S/C8H13O4/c1-2-11-6-7-12-8(10)4-3-5-9/h5H,1-4,6-7H2. The Kier molecular flexibility index (Phi) is 7.58. The highest BCUT2D eigenvalue weighted by molar-refractivity contribution is 5.72. The fourth-order valence-electron chi connectivity index (χ4n) is 0.565. The van der Waals surface area contributed by atoms with E-state index < -0.39 is 0 Å². The first-order chi connectivity index (χ1) is 5.81. The molecule has 69 valence electrons. The van der Waals surface area contributed by atoms with Gasteiger partial charge in [0.2, 0.25) is 0 Å². The SMILES string of the molecule is [CH2]COCCOC(=O)CCC=O. The van der Waals surface area contributed by atoms with Gasteiger partial charge in [-0.15, -0.1) is 0 Å². The molecule has 0 N–H and O–H groups in total. The lowest BCUT2D eigenvalue weighted by atomic mass is 10.3. The second-order valence-electron chi connectivity index (χ2n) is 2.04. The van der Waals surface area contributed by atoms with Crippen molar-refractivity contribution in [2.45, 2.75) is 12.8 Å². The van der Waals surface area contributed by atoms with Gasteiger partial charge in [0.15, 0.2) is 0 Å². The highest BCUT2D eigenvalue weighted by Crippen LogP contribution is 1.89. The number of carbonyl (C=O) groups excluding carboxylic acids is 2. The molecule has 0 aromatic rings. The molecule has 4 nitrogen and oxygen atoms in total. The van der Waals surface area contributed by atoms with E-state index in [-0.39, 0.29) is 25.4 Å². The molecule has 0 aromatic carbocycles. The Balaban J connectivity index is 3.13. The van der Waals surface area contributed by atoms with Gasteiger partial charge in [0.1, 0.15) is 12.9 Å². The monoisotopic (exact) mass is 173 g/mol. The van der Waals surface area contributed by atoms with Crippen LogP contribution in [0, 0.1) is 6.92 Å². The molecular weight excluding hydrogens is 160 g/mol. The quantitative estimate of drug-likeness (QED) is 0.317. The number of aldehydes is 1. The summed E-state index contributed by atoms with van der Waals surface area (Å²) in [6.45, 7) is 4.40. The van der Waals surface area contributed by atoms with Crippen molar-refractivity contribution < 1.29 is 19.1 Å². The van der Waals surface area contributed by atoms with E-state index in [0.29, 0.717) is 19.5 Å². The lowest BCUT2D eigenvalue weighted by Gasteiger charge is -2.02. The summed E-state index contributed by atoms with van der Waals surface area (Å²) >= 11 is 0. The Bertz CT molecular complexity index is 133. The maximum Gasteiger partial charge on any atom is 0.306 e. The Hall–Kier alpha value is -0.900. The number of hydrogen-bond donors (Lipinski definition) is 0. The minimum absolute atomic E-state index is 0.147.